The van der Waals surface area contributed by atoms with Crippen molar-refractivity contribution < 1.29 is 14.3 Å². The standard InChI is InChI=1S/C22H24N4O3/c27-22(21-18-13-28-11-9-20(18)25-26-21)24-15-3-5-16(6-4-15)29-17-7-8-19-14(12-17)2-1-10-23-19/h1-2,7-8,10,12,15-16H,3-6,9,11,13H2,(H,24,27)(H,25,26). The SMILES string of the molecule is O=C(NC1CCC(Oc2ccc3ncccc3c2)CC1)c1n[nH]c2c1COCC2. The summed E-state index contributed by atoms with van der Waals surface area (Å²) in [5.74, 6) is 0.764. The highest BCUT2D eigenvalue weighted by Gasteiger charge is 2.27. The Morgan fingerprint density at radius 3 is 3.00 bits per heavy atom. The molecule has 2 N–H and O–H groups in total. The molecular formula is C22H24N4O3. The normalized spacial score (nSPS) is 21.5. The average Bonchev–Trinajstić information content (AvgIpc) is 3.19. The number of carbonyl (C=O) groups is 1. The summed E-state index contributed by atoms with van der Waals surface area (Å²) in [6.45, 7) is 1.13. The third-order valence-corrected chi connectivity index (χ3v) is 5.80. The van der Waals surface area contributed by atoms with Crippen molar-refractivity contribution in [3.05, 3.63) is 53.5 Å². The molecule has 3 heterocycles. The third kappa shape index (κ3) is 3.82. The number of hydrogen-bond acceptors (Lipinski definition) is 5. The summed E-state index contributed by atoms with van der Waals surface area (Å²) in [5, 5.41) is 11.4. The molecule has 1 aliphatic heterocycles. The van der Waals surface area contributed by atoms with Crippen LogP contribution in [0.15, 0.2) is 36.5 Å². The van der Waals surface area contributed by atoms with E-state index in [4.69, 9.17) is 9.47 Å². The van der Waals surface area contributed by atoms with Crippen LogP contribution in [0.4, 0.5) is 0 Å². The van der Waals surface area contributed by atoms with Gasteiger partial charge in [-0.25, -0.2) is 0 Å². The number of nitrogens with zero attached hydrogens (tertiary/aromatic N) is 2. The van der Waals surface area contributed by atoms with Gasteiger partial charge in [0.1, 0.15) is 5.75 Å². The topological polar surface area (TPSA) is 89.1 Å². The molecule has 1 amide bonds. The lowest BCUT2D eigenvalue weighted by Gasteiger charge is -2.29. The van der Waals surface area contributed by atoms with Gasteiger partial charge in [-0.05, 0) is 49.9 Å². The van der Waals surface area contributed by atoms with Crippen LogP contribution in [0, 0.1) is 0 Å². The second-order valence-corrected chi connectivity index (χ2v) is 7.75. The summed E-state index contributed by atoms with van der Waals surface area (Å²) in [5.41, 5.74) is 3.36. The van der Waals surface area contributed by atoms with E-state index >= 15 is 0 Å². The van der Waals surface area contributed by atoms with E-state index in [1.165, 1.54) is 0 Å². The van der Waals surface area contributed by atoms with Crippen LogP contribution >= 0.6 is 0 Å². The Labute approximate surface area is 168 Å². The van der Waals surface area contributed by atoms with Gasteiger partial charge in [-0.1, -0.05) is 6.07 Å². The lowest BCUT2D eigenvalue weighted by atomic mass is 9.92. The fourth-order valence-corrected chi connectivity index (χ4v) is 4.20. The summed E-state index contributed by atoms with van der Waals surface area (Å²) >= 11 is 0. The molecule has 1 fully saturated rings. The van der Waals surface area contributed by atoms with Crippen LogP contribution in [0.5, 0.6) is 5.75 Å². The Balaban J connectivity index is 1.16. The van der Waals surface area contributed by atoms with Crippen molar-refractivity contribution in [3.63, 3.8) is 0 Å². The highest BCUT2D eigenvalue weighted by Crippen LogP contribution is 2.26. The second-order valence-electron chi connectivity index (χ2n) is 7.75. The van der Waals surface area contributed by atoms with E-state index in [-0.39, 0.29) is 18.1 Å². The Hall–Kier alpha value is -2.93. The van der Waals surface area contributed by atoms with Crippen molar-refractivity contribution in [2.45, 2.75) is 50.9 Å². The number of aromatic nitrogens is 3. The fourth-order valence-electron chi connectivity index (χ4n) is 4.20. The first-order chi connectivity index (χ1) is 14.3. The third-order valence-electron chi connectivity index (χ3n) is 5.80. The summed E-state index contributed by atoms with van der Waals surface area (Å²) in [6.07, 6.45) is 6.37. The lowest BCUT2D eigenvalue weighted by molar-refractivity contribution is 0.0871. The number of hydrogen-bond donors (Lipinski definition) is 2. The average molecular weight is 392 g/mol. The molecule has 0 atom stereocenters. The maximum Gasteiger partial charge on any atom is 0.272 e. The first kappa shape index (κ1) is 18.1. The first-order valence-corrected chi connectivity index (χ1v) is 10.2. The summed E-state index contributed by atoms with van der Waals surface area (Å²) in [6, 6.07) is 10.1. The second kappa shape index (κ2) is 7.83. The van der Waals surface area contributed by atoms with Crippen LogP contribution in [-0.4, -0.2) is 39.8 Å². The molecule has 0 bridgehead atoms. The molecule has 2 aliphatic rings. The summed E-state index contributed by atoms with van der Waals surface area (Å²) in [7, 11) is 0. The number of amides is 1. The lowest BCUT2D eigenvalue weighted by Crippen LogP contribution is -2.40. The Kier molecular flexibility index (Phi) is 4.89. The minimum Gasteiger partial charge on any atom is -0.490 e. The molecular weight excluding hydrogens is 368 g/mol. The fraction of sp³-hybridized carbons (Fsp3) is 0.409. The Morgan fingerprint density at radius 2 is 2.10 bits per heavy atom. The minimum absolute atomic E-state index is 0.112. The van der Waals surface area contributed by atoms with E-state index < -0.39 is 0 Å². The van der Waals surface area contributed by atoms with Crippen LogP contribution in [0.1, 0.15) is 47.4 Å². The molecule has 3 aromatic rings. The van der Waals surface area contributed by atoms with Gasteiger partial charge in [0.2, 0.25) is 0 Å². The summed E-state index contributed by atoms with van der Waals surface area (Å²) in [4.78, 5) is 17.0. The highest BCUT2D eigenvalue weighted by molar-refractivity contribution is 5.94. The predicted molar refractivity (Wildman–Crippen MR) is 108 cm³/mol. The Morgan fingerprint density at radius 1 is 1.21 bits per heavy atom. The molecule has 5 rings (SSSR count). The number of pyridine rings is 1. The van der Waals surface area contributed by atoms with E-state index in [1.807, 2.05) is 30.3 Å². The van der Waals surface area contributed by atoms with Gasteiger partial charge >= 0.3 is 0 Å². The molecule has 29 heavy (non-hydrogen) atoms. The number of rotatable bonds is 4. The van der Waals surface area contributed by atoms with Gasteiger partial charge in [0.05, 0.1) is 24.8 Å². The van der Waals surface area contributed by atoms with Crippen LogP contribution in [0.25, 0.3) is 10.9 Å². The summed E-state index contributed by atoms with van der Waals surface area (Å²) < 4.78 is 11.7. The zero-order chi connectivity index (χ0) is 19.6. The van der Waals surface area contributed by atoms with Gasteiger partial charge in [-0.3, -0.25) is 14.9 Å². The van der Waals surface area contributed by atoms with Crippen molar-refractivity contribution in [1.29, 1.82) is 0 Å². The quantitative estimate of drug-likeness (QED) is 0.712. The van der Waals surface area contributed by atoms with E-state index in [0.717, 1.165) is 60.0 Å². The van der Waals surface area contributed by atoms with Gasteiger partial charge in [0.25, 0.3) is 5.91 Å². The number of carbonyl (C=O) groups excluding carboxylic acids is 1. The number of ether oxygens (including phenoxy) is 2. The molecule has 1 aliphatic carbocycles. The minimum atomic E-state index is -0.112. The molecule has 0 saturated heterocycles. The Bertz CT molecular complexity index is 1020. The number of H-pyrrole nitrogens is 1. The number of aromatic amines is 1. The van der Waals surface area contributed by atoms with E-state index in [9.17, 15) is 4.79 Å². The maximum absolute atomic E-state index is 12.7. The van der Waals surface area contributed by atoms with Crippen molar-refractivity contribution in [2.24, 2.45) is 0 Å². The first-order valence-electron chi connectivity index (χ1n) is 10.2. The molecule has 7 heteroatoms. The number of benzene rings is 1. The van der Waals surface area contributed by atoms with Crippen LogP contribution in [-0.2, 0) is 17.8 Å². The van der Waals surface area contributed by atoms with Crippen molar-refractivity contribution in [2.75, 3.05) is 6.61 Å². The van der Waals surface area contributed by atoms with Crippen molar-refractivity contribution in [1.82, 2.24) is 20.5 Å². The van der Waals surface area contributed by atoms with Crippen LogP contribution in [0.2, 0.25) is 0 Å². The predicted octanol–water partition coefficient (Wildman–Crippen LogP) is 3.15. The zero-order valence-electron chi connectivity index (χ0n) is 16.2. The zero-order valence-corrected chi connectivity index (χ0v) is 16.2. The smallest absolute Gasteiger partial charge is 0.272 e. The van der Waals surface area contributed by atoms with E-state index in [1.54, 1.807) is 6.20 Å². The molecule has 0 spiro atoms. The van der Waals surface area contributed by atoms with Gasteiger partial charge in [0, 0.05) is 35.3 Å². The van der Waals surface area contributed by atoms with Crippen molar-refractivity contribution in [3.8, 4) is 5.75 Å². The number of nitrogens with one attached hydrogen (secondary N) is 2. The maximum atomic E-state index is 12.7. The molecule has 1 aromatic carbocycles. The monoisotopic (exact) mass is 392 g/mol. The van der Waals surface area contributed by atoms with Gasteiger partial charge in [-0.2, -0.15) is 5.10 Å². The molecule has 0 radical (unpaired) electrons. The highest BCUT2D eigenvalue weighted by atomic mass is 16.5. The van der Waals surface area contributed by atoms with Crippen LogP contribution < -0.4 is 10.1 Å². The largest absolute Gasteiger partial charge is 0.490 e. The molecule has 0 unspecified atom stereocenters. The molecule has 150 valence electrons. The van der Waals surface area contributed by atoms with Crippen molar-refractivity contribution >= 4 is 16.8 Å². The number of fused-ring (bicyclic) bond motifs is 2. The van der Waals surface area contributed by atoms with E-state index in [0.29, 0.717) is 18.9 Å². The van der Waals surface area contributed by atoms with Gasteiger partial charge < -0.3 is 14.8 Å². The molecule has 7 nitrogen and oxygen atoms in total. The molecule has 2 aromatic heterocycles. The van der Waals surface area contributed by atoms with Crippen LogP contribution in [0.3, 0.4) is 0 Å². The van der Waals surface area contributed by atoms with E-state index in [2.05, 4.69) is 20.5 Å². The molecule has 1 saturated carbocycles. The van der Waals surface area contributed by atoms with Gasteiger partial charge in [-0.15, -0.1) is 0 Å². The van der Waals surface area contributed by atoms with Gasteiger partial charge in [0.15, 0.2) is 5.69 Å².